The fraction of sp³-hybridized carbons (Fsp3) is 0.310. The number of methoxy groups -OCH3 is 2. The number of nitrogens with one attached hydrogen (secondary N) is 1. The lowest BCUT2D eigenvalue weighted by atomic mass is 10.1. The number of halogens is 1. The van der Waals surface area contributed by atoms with Crippen molar-refractivity contribution >= 4 is 28.5 Å². The molecule has 194 valence electrons. The number of unbranched alkanes of at least 4 members (excludes halogenated alkanes) is 1. The molecule has 7 nitrogen and oxygen atoms in total. The lowest BCUT2D eigenvalue weighted by Gasteiger charge is -2.12. The van der Waals surface area contributed by atoms with Gasteiger partial charge in [0.25, 0.3) is 0 Å². The molecule has 1 heterocycles. The molecule has 0 aliphatic heterocycles. The van der Waals surface area contributed by atoms with E-state index in [1.54, 1.807) is 14.2 Å². The van der Waals surface area contributed by atoms with E-state index < -0.39 is 0 Å². The second kappa shape index (κ2) is 13.0. The Morgan fingerprint density at radius 1 is 0.946 bits per heavy atom. The molecule has 0 saturated heterocycles. The molecule has 0 radical (unpaired) electrons. The van der Waals surface area contributed by atoms with Gasteiger partial charge in [0.05, 0.1) is 43.3 Å². The highest BCUT2D eigenvalue weighted by atomic mass is 35.5. The number of aryl methyl sites for hydroxylation is 1. The maximum atomic E-state index is 12.6. The van der Waals surface area contributed by atoms with Gasteiger partial charge in [0, 0.05) is 19.5 Å². The molecule has 3 aromatic carbocycles. The van der Waals surface area contributed by atoms with Crippen LogP contribution in [0, 0.1) is 0 Å². The standard InChI is InChI=1S/C29H32ClN3O4/c1-35-26-14-13-21(19-27(26)36-2)20-29(34)31-16-15-28-32-23-10-4-5-11-24(23)33(28)17-7-8-18-37-25-12-6-3-9-22(25)30/h3-6,9-14,19H,7-8,15-18,20H2,1-2H3,(H,31,34). The fourth-order valence-corrected chi connectivity index (χ4v) is 4.42. The van der Waals surface area contributed by atoms with E-state index in [2.05, 4.69) is 16.0 Å². The topological polar surface area (TPSA) is 74.6 Å². The Hall–Kier alpha value is -3.71. The molecule has 1 aromatic heterocycles. The van der Waals surface area contributed by atoms with Crippen LogP contribution in [0.25, 0.3) is 11.0 Å². The number of fused-ring (bicyclic) bond motifs is 1. The molecule has 0 spiro atoms. The van der Waals surface area contributed by atoms with Gasteiger partial charge in [0.1, 0.15) is 11.6 Å². The van der Waals surface area contributed by atoms with Crippen LogP contribution in [0.3, 0.4) is 0 Å². The van der Waals surface area contributed by atoms with Gasteiger partial charge in [-0.05, 0) is 54.8 Å². The van der Waals surface area contributed by atoms with Crippen LogP contribution in [0.1, 0.15) is 24.2 Å². The average molecular weight is 522 g/mol. The van der Waals surface area contributed by atoms with E-state index in [1.807, 2.05) is 60.7 Å². The minimum absolute atomic E-state index is 0.0494. The van der Waals surface area contributed by atoms with E-state index in [4.69, 9.17) is 30.8 Å². The third kappa shape index (κ3) is 6.95. The zero-order valence-corrected chi connectivity index (χ0v) is 22.0. The minimum atomic E-state index is -0.0494. The number of ether oxygens (including phenoxy) is 3. The first-order valence-electron chi connectivity index (χ1n) is 12.4. The van der Waals surface area contributed by atoms with Gasteiger partial charge in [-0.15, -0.1) is 0 Å². The summed E-state index contributed by atoms with van der Waals surface area (Å²) in [5.74, 6) is 2.87. The smallest absolute Gasteiger partial charge is 0.224 e. The molecule has 0 aliphatic rings. The number of imidazole rings is 1. The average Bonchev–Trinajstić information content (AvgIpc) is 3.26. The van der Waals surface area contributed by atoms with Crippen LogP contribution in [0.15, 0.2) is 66.7 Å². The maximum absolute atomic E-state index is 12.6. The van der Waals surface area contributed by atoms with Crippen LogP contribution in [-0.4, -0.2) is 42.8 Å². The third-order valence-corrected chi connectivity index (χ3v) is 6.40. The predicted octanol–water partition coefficient (Wildman–Crippen LogP) is 5.47. The molecule has 0 unspecified atom stereocenters. The van der Waals surface area contributed by atoms with Crippen molar-refractivity contribution in [2.75, 3.05) is 27.4 Å². The zero-order valence-electron chi connectivity index (χ0n) is 21.2. The fourth-order valence-electron chi connectivity index (χ4n) is 4.23. The van der Waals surface area contributed by atoms with Gasteiger partial charge < -0.3 is 24.1 Å². The van der Waals surface area contributed by atoms with Crippen molar-refractivity contribution in [3.8, 4) is 17.2 Å². The molecular formula is C29H32ClN3O4. The summed E-state index contributed by atoms with van der Waals surface area (Å²) in [5, 5.41) is 3.64. The molecule has 4 rings (SSSR count). The lowest BCUT2D eigenvalue weighted by molar-refractivity contribution is -0.120. The number of para-hydroxylation sites is 3. The lowest BCUT2D eigenvalue weighted by Crippen LogP contribution is -2.28. The van der Waals surface area contributed by atoms with Crippen LogP contribution >= 0.6 is 11.6 Å². The Balaban J connectivity index is 1.30. The van der Waals surface area contributed by atoms with E-state index >= 15 is 0 Å². The third-order valence-electron chi connectivity index (χ3n) is 6.09. The predicted molar refractivity (Wildman–Crippen MR) is 146 cm³/mol. The van der Waals surface area contributed by atoms with Crippen molar-refractivity contribution in [2.24, 2.45) is 0 Å². The maximum Gasteiger partial charge on any atom is 0.224 e. The first kappa shape index (κ1) is 26.4. The van der Waals surface area contributed by atoms with Gasteiger partial charge >= 0.3 is 0 Å². The summed E-state index contributed by atoms with van der Waals surface area (Å²) < 4.78 is 18.7. The van der Waals surface area contributed by atoms with Crippen molar-refractivity contribution in [3.63, 3.8) is 0 Å². The Labute approximate surface area is 222 Å². The van der Waals surface area contributed by atoms with Crippen LogP contribution < -0.4 is 19.5 Å². The van der Waals surface area contributed by atoms with Crippen molar-refractivity contribution in [3.05, 3.63) is 83.1 Å². The molecule has 0 fully saturated rings. The number of aromatic nitrogens is 2. The number of nitrogens with zero attached hydrogens (tertiary/aromatic N) is 2. The Bertz CT molecular complexity index is 1340. The molecule has 0 atom stereocenters. The molecular weight excluding hydrogens is 490 g/mol. The Kier molecular flexibility index (Phi) is 9.27. The quantitative estimate of drug-likeness (QED) is 0.236. The number of benzene rings is 3. The highest BCUT2D eigenvalue weighted by Crippen LogP contribution is 2.27. The van der Waals surface area contributed by atoms with Crippen LogP contribution in [0.2, 0.25) is 5.02 Å². The molecule has 1 N–H and O–H groups in total. The zero-order chi connectivity index (χ0) is 26.0. The van der Waals surface area contributed by atoms with Crippen molar-refractivity contribution < 1.29 is 19.0 Å². The van der Waals surface area contributed by atoms with Gasteiger partial charge in [0.15, 0.2) is 11.5 Å². The summed E-state index contributed by atoms with van der Waals surface area (Å²) in [7, 11) is 3.17. The highest BCUT2D eigenvalue weighted by molar-refractivity contribution is 6.32. The second-order valence-electron chi connectivity index (χ2n) is 8.62. The summed E-state index contributed by atoms with van der Waals surface area (Å²) in [6, 6.07) is 21.1. The molecule has 0 bridgehead atoms. The number of carbonyl (C=O) groups is 1. The number of hydrogen-bond acceptors (Lipinski definition) is 5. The Morgan fingerprint density at radius 3 is 2.54 bits per heavy atom. The Morgan fingerprint density at radius 2 is 1.73 bits per heavy atom. The van der Waals surface area contributed by atoms with Gasteiger partial charge in [0.2, 0.25) is 5.91 Å². The molecule has 4 aromatic rings. The van der Waals surface area contributed by atoms with Crippen LogP contribution in [0.4, 0.5) is 0 Å². The summed E-state index contributed by atoms with van der Waals surface area (Å²) >= 11 is 6.17. The number of carbonyl (C=O) groups excluding carboxylic acids is 1. The van der Waals surface area contributed by atoms with E-state index in [-0.39, 0.29) is 12.3 Å². The minimum Gasteiger partial charge on any atom is -0.493 e. The summed E-state index contributed by atoms with van der Waals surface area (Å²) in [4.78, 5) is 17.4. The monoisotopic (exact) mass is 521 g/mol. The van der Waals surface area contributed by atoms with E-state index in [9.17, 15) is 4.79 Å². The largest absolute Gasteiger partial charge is 0.493 e. The van der Waals surface area contributed by atoms with Gasteiger partial charge in [-0.3, -0.25) is 4.79 Å². The van der Waals surface area contributed by atoms with Crippen LogP contribution in [-0.2, 0) is 24.2 Å². The summed E-state index contributed by atoms with van der Waals surface area (Å²) in [6.07, 6.45) is 2.73. The molecule has 8 heteroatoms. The normalized spacial score (nSPS) is 10.9. The van der Waals surface area contributed by atoms with Crippen molar-refractivity contribution in [1.29, 1.82) is 0 Å². The van der Waals surface area contributed by atoms with Gasteiger partial charge in [-0.2, -0.15) is 0 Å². The SMILES string of the molecule is COc1ccc(CC(=O)NCCc2nc3ccccc3n2CCCCOc2ccccc2Cl)cc1OC. The van der Waals surface area contributed by atoms with Gasteiger partial charge in [-0.1, -0.05) is 41.9 Å². The number of rotatable bonds is 13. The van der Waals surface area contributed by atoms with Crippen molar-refractivity contribution in [1.82, 2.24) is 14.9 Å². The van der Waals surface area contributed by atoms with Crippen molar-refractivity contribution in [2.45, 2.75) is 32.2 Å². The van der Waals surface area contributed by atoms with Crippen LogP contribution in [0.5, 0.6) is 17.2 Å². The summed E-state index contributed by atoms with van der Waals surface area (Å²) in [5.41, 5.74) is 2.92. The van der Waals surface area contributed by atoms with E-state index in [0.717, 1.165) is 41.8 Å². The number of hydrogen-bond donors (Lipinski definition) is 1. The van der Waals surface area contributed by atoms with E-state index in [1.165, 1.54) is 0 Å². The van der Waals surface area contributed by atoms with Gasteiger partial charge in [-0.25, -0.2) is 4.98 Å². The molecule has 1 amide bonds. The molecule has 0 saturated carbocycles. The first-order chi connectivity index (χ1) is 18.1. The molecule has 0 aliphatic carbocycles. The molecule has 37 heavy (non-hydrogen) atoms. The first-order valence-corrected chi connectivity index (χ1v) is 12.8. The summed E-state index contributed by atoms with van der Waals surface area (Å²) in [6.45, 7) is 1.92. The second-order valence-corrected chi connectivity index (χ2v) is 9.03. The highest BCUT2D eigenvalue weighted by Gasteiger charge is 2.12. The number of amides is 1. The van der Waals surface area contributed by atoms with E-state index in [0.29, 0.717) is 41.8 Å².